The van der Waals surface area contributed by atoms with Gasteiger partial charge < -0.3 is 0 Å². The molecule has 0 saturated heterocycles. The summed E-state index contributed by atoms with van der Waals surface area (Å²) in [4.78, 5) is 0. The summed E-state index contributed by atoms with van der Waals surface area (Å²) >= 11 is 0. The van der Waals surface area contributed by atoms with Crippen molar-refractivity contribution < 1.29 is 8.42 Å². The first-order valence-electron chi connectivity index (χ1n) is 4.08. The minimum Gasteiger partial charge on any atom is -0.212 e. The van der Waals surface area contributed by atoms with Gasteiger partial charge in [-0.25, -0.2) is 13.1 Å². The zero-order valence-electron chi connectivity index (χ0n) is 7.92. The van der Waals surface area contributed by atoms with Crippen molar-refractivity contribution in [2.24, 2.45) is 0 Å². The van der Waals surface area contributed by atoms with Gasteiger partial charge in [-0.05, 0) is 20.3 Å². The smallest absolute Gasteiger partial charge is 0.211 e. The number of allylic oxidation sites excluding steroid dienone is 1. The molecule has 72 valence electrons. The van der Waals surface area contributed by atoms with Crippen LogP contribution in [0.25, 0.3) is 0 Å². The maximum Gasteiger partial charge on any atom is 0.211 e. The Kier molecular flexibility index (Phi) is 5.17. The first-order chi connectivity index (χ1) is 5.48. The van der Waals surface area contributed by atoms with E-state index >= 15 is 0 Å². The normalized spacial score (nSPS) is 11.2. The predicted molar refractivity (Wildman–Crippen MR) is 51.5 cm³/mol. The standard InChI is InChI=1S/C8H17NO2S/c1-4-7-12(10,11)9-6-5-8(2)3/h5,9H,4,6-7H2,1-3H3. The van der Waals surface area contributed by atoms with Crippen molar-refractivity contribution in [2.45, 2.75) is 27.2 Å². The molecule has 0 aliphatic rings. The van der Waals surface area contributed by atoms with E-state index in [-0.39, 0.29) is 5.75 Å². The quantitative estimate of drug-likeness (QED) is 0.665. The molecule has 0 unspecified atom stereocenters. The molecule has 0 amide bonds. The molecule has 0 radical (unpaired) electrons. The Morgan fingerprint density at radius 3 is 2.42 bits per heavy atom. The Hall–Kier alpha value is -0.350. The maximum absolute atomic E-state index is 11.1. The Bertz CT molecular complexity index is 238. The van der Waals surface area contributed by atoms with Crippen LogP contribution in [0.3, 0.4) is 0 Å². The predicted octanol–water partition coefficient (Wildman–Crippen LogP) is 1.28. The average molecular weight is 191 g/mol. The summed E-state index contributed by atoms with van der Waals surface area (Å²) in [5.74, 6) is 0.212. The first kappa shape index (κ1) is 11.6. The van der Waals surface area contributed by atoms with Crippen LogP contribution in [0.4, 0.5) is 0 Å². The molecular weight excluding hydrogens is 174 g/mol. The molecule has 0 fully saturated rings. The molecule has 12 heavy (non-hydrogen) atoms. The van der Waals surface area contributed by atoms with Crippen molar-refractivity contribution >= 4 is 10.0 Å². The molecule has 3 nitrogen and oxygen atoms in total. The van der Waals surface area contributed by atoms with Gasteiger partial charge in [-0.1, -0.05) is 18.6 Å². The topological polar surface area (TPSA) is 46.2 Å². The van der Waals surface area contributed by atoms with Gasteiger partial charge in [0.2, 0.25) is 10.0 Å². The molecule has 0 aromatic heterocycles. The molecule has 0 aromatic rings. The summed E-state index contributed by atoms with van der Waals surface area (Å²) in [5.41, 5.74) is 1.12. The van der Waals surface area contributed by atoms with E-state index < -0.39 is 10.0 Å². The van der Waals surface area contributed by atoms with Crippen LogP contribution in [-0.4, -0.2) is 20.7 Å². The third-order valence-corrected chi connectivity index (χ3v) is 2.84. The summed E-state index contributed by atoms with van der Waals surface area (Å²) in [6, 6.07) is 0. The Morgan fingerprint density at radius 1 is 1.42 bits per heavy atom. The fraction of sp³-hybridized carbons (Fsp3) is 0.750. The molecule has 0 bridgehead atoms. The zero-order chi connectivity index (χ0) is 9.61. The molecule has 0 saturated carbocycles. The molecule has 0 aliphatic carbocycles. The molecule has 0 heterocycles. The van der Waals surface area contributed by atoms with E-state index in [2.05, 4.69) is 4.72 Å². The Balaban J connectivity index is 3.85. The van der Waals surface area contributed by atoms with E-state index in [0.29, 0.717) is 13.0 Å². The van der Waals surface area contributed by atoms with Crippen molar-refractivity contribution in [1.29, 1.82) is 0 Å². The second-order valence-corrected chi connectivity index (χ2v) is 4.88. The number of sulfonamides is 1. The van der Waals surface area contributed by atoms with Crippen LogP contribution in [-0.2, 0) is 10.0 Å². The first-order valence-corrected chi connectivity index (χ1v) is 5.74. The molecular formula is C8H17NO2S. The van der Waals surface area contributed by atoms with Gasteiger partial charge in [0.25, 0.3) is 0 Å². The number of rotatable bonds is 5. The fourth-order valence-electron chi connectivity index (χ4n) is 0.714. The number of nitrogens with one attached hydrogen (secondary N) is 1. The molecule has 0 atom stereocenters. The largest absolute Gasteiger partial charge is 0.212 e. The summed E-state index contributed by atoms with van der Waals surface area (Å²) in [6.45, 7) is 6.13. The zero-order valence-corrected chi connectivity index (χ0v) is 8.74. The Labute approximate surface area is 74.9 Å². The second-order valence-electron chi connectivity index (χ2n) is 2.95. The van der Waals surface area contributed by atoms with Crippen LogP contribution in [0.15, 0.2) is 11.6 Å². The maximum atomic E-state index is 11.1. The highest BCUT2D eigenvalue weighted by molar-refractivity contribution is 7.89. The number of hydrogen-bond donors (Lipinski definition) is 1. The van der Waals surface area contributed by atoms with Crippen LogP contribution < -0.4 is 4.72 Å². The third-order valence-electron chi connectivity index (χ3n) is 1.29. The van der Waals surface area contributed by atoms with E-state index in [1.807, 2.05) is 26.8 Å². The van der Waals surface area contributed by atoms with Gasteiger partial charge >= 0.3 is 0 Å². The van der Waals surface area contributed by atoms with Gasteiger partial charge in [0, 0.05) is 6.54 Å². The van der Waals surface area contributed by atoms with Gasteiger partial charge in [-0.2, -0.15) is 0 Å². The molecule has 1 N–H and O–H groups in total. The van der Waals surface area contributed by atoms with Crippen LogP contribution in [0.5, 0.6) is 0 Å². The summed E-state index contributed by atoms with van der Waals surface area (Å²) < 4.78 is 24.6. The molecule has 4 heteroatoms. The van der Waals surface area contributed by atoms with Crippen molar-refractivity contribution in [3.05, 3.63) is 11.6 Å². The average Bonchev–Trinajstić information content (AvgIpc) is 1.85. The lowest BCUT2D eigenvalue weighted by molar-refractivity contribution is 0.584. The molecule has 0 rings (SSSR count). The van der Waals surface area contributed by atoms with Crippen LogP contribution in [0.2, 0.25) is 0 Å². The summed E-state index contributed by atoms with van der Waals surface area (Å²) in [6.07, 6.45) is 2.51. The third kappa shape index (κ3) is 6.37. The lowest BCUT2D eigenvalue weighted by Gasteiger charge is -2.01. The molecule has 0 aromatic carbocycles. The second kappa shape index (κ2) is 5.32. The van der Waals surface area contributed by atoms with Gasteiger partial charge in [0.1, 0.15) is 0 Å². The van der Waals surface area contributed by atoms with Crippen LogP contribution >= 0.6 is 0 Å². The highest BCUT2D eigenvalue weighted by Crippen LogP contribution is 1.90. The van der Waals surface area contributed by atoms with Crippen molar-refractivity contribution in [2.75, 3.05) is 12.3 Å². The van der Waals surface area contributed by atoms with E-state index in [9.17, 15) is 8.42 Å². The monoisotopic (exact) mass is 191 g/mol. The highest BCUT2D eigenvalue weighted by Gasteiger charge is 2.05. The SMILES string of the molecule is CCCS(=O)(=O)NCC=C(C)C. The van der Waals surface area contributed by atoms with Gasteiger partial charge in [-0.15, -0.1) is 0 Å². The highest BCUT2D eigenvalue weighted by atomic mass is 32.2. The van der Waals surface area contributed by atoms with Crippen molar-refractivity contribution in [3.8, 4) is 0 Å². The van der Waals surface area contributed by atoms with Crippen LogP contribution in [0.1, 0.15) is 27.2 Å². The van der Waals surface area contributed by atoms with Crippen molar-refractivity contribution in [3.63, 3.8) is 0 Å². The minimum atomic E-state index is -3.02. The summed E-state index contributed by atoms with van der Waals surface area (Å²) in [5, 5.41) is 0. The van der Waals surface area contributed by atoms with Gasteiger partial charge in [-0.3, -0.25) is 0 Å². The minimum absolute atomic E-state index is 0.212. The van der Waals surface area contributed by atoms with Crippen LogP contribution in [0, 0.1) is 0 Å². The van der Waals surface area contributed by atoms with E-state index in [0.717, 1.165) is 5.57 Å². The number of hydrogen-bond acceptors (Lipinski definition) is 2. The van der Waals surface area contributed by atoms with E-state index in [1.165, 1.54) is 0 Å². The van der Waals surface area contributed by atoms with E-state index in [1.54, 1.807) is 0 Å². The van der Waals surface area contributed by atoms with Gasteiger partial charge in [0.15, 0.2) is 0 Å². The van der Waals surface area contributed by atoms with Gasteiger partial charge in [0.05, 0.1) is 5.75 Å². The molecule has 0 aliphatic heterocycles. The lowest BCUT2D eigenvalue weighted by Crippen LogP contribution is -2.26. The van der Waals surface area contributed by atoms with E-state index in [4.69, 9.17) is 0 Å². The summed E-state index contributed by atoms with van der Waals surface area (Å²) in [7, 11) is -3.02. The fourth-order valence-corrected chi connectivity index (χ4v) is 1.73. The molecule has 0 spiro atoms. The lowest BCUT2D eigenvalue weighted by atomic mass is 10.3. The Morgan fingerprint density at radius 2 is 2.00 bits per heavy atom. The van der Waals surface area contributed by atoms with Crippen molar-refractivity contribution in [1.82, 2.24) is 4.72 Å².